The number of carboxylic acids is 1. The van der Waals surface area contributed by atoms with Crippen molar-refractivity contribution in [2.45, 2.75) is 82.8 Å². The molecule has 13 heteroatoms. The minimum absolute atomic E-state index is 0.0559. The van der Waals surface area contributed by atoms with E-state index in [0.29, 0.717) is 58.2 Å². The lowest BCUT2D eigenvalue weighted by molar-refractivity contribution is -0.141. The first-order valence-electron chi connectivity index (χ1n) is 11.7. The number of carboxylic acid groups (broad SMARTS) is 1. The number of aliphatic imine (C=N–C) groups is 1. The number of guanidine groups is 1. The van der Waals surface area contributed by atoms with Gasteiger partial charge in [-0.3, -0.25) is 24.2 Å². The number of amides is 3. The Kier molecular flexibility index (Phi) is 16.0. The molecular weight excluding hydrogens is 444 g/mol. The van der Waals surface area contributed by atoms with Crippen LogP contribution in [0, 0.1) is 0 Å². The van der Waals surface area contributed by atoms with Crippen molar-refractivity contribution in [1.29, 1.82) is 0 Å². The molecule has 3 atom stereocenters. The van der Waals surface area contributed by atoms with E-state index in [-0.39, 0.29) is 24.2 Å². The number of rotatable bonds is 14. The number of hydrogen-bond acceptors (Lipinski definition) is 7. The van der Waals surface area contributed by atoms with Crippen molar-refractivity contribution >= 4 is 29.7 Å². The minimum Gasteiger partial charge on any atom is -0.481 e. The third kappa shape index (κ3) is 12.9. The lowest BCUT2D eigenvalue weighted by atomic mass is 10.1. The van der Waals surface area contributed by atoms with Gasteiger partial charge in [0.15, 0.2) is 5.96 Å². The molecular formula is C21H42N8O5. The highest BCUT2D eigenvalue weighted by molar-refractivity contribution is 5.93. The molecule has 1 fully saturated rings. The molecule has 1 aliphatic rings. The zero-order chi connectivity index (χ0) is 26.1. The monoisotopic (exact) mass is 486 g/mol. The summed E-state index contributed by atoms with van der Waals surface area (Å²) in [5.74, 6) is -1.85. The Bertz CT molecular complexity index is 684. The Morgan fingerprint density at radius 2 is 1.79 bits per heavy atom. The molecule has 1 rings (SSSR count). The third-order valence-electron chi connectivity index (χ3n) is 5.30. The molecule has 34 heavy (non-hydrogen) atoms. The summed E-state index contributed by atoms with van der Waals surface area (Å²) in [5, 5.41) is 11.0. The van der Waals surface area contributed by atoms with E-state index in [4.69, 9.17) is 33.8 Å². The summed E-state index contributed by atoms with van der Waals surface area (Å²) in [6, 6.07) is -1.92. The number of aliphatic carboxylic acids is 1. The van der Waals surface area contributed by atoms with E-state index in [2.05, 4.69) is 10.3 Å². The van der Waals surface area contributed by atoms with Gasteiger partial charge in [-0.25, -0.2) is 0 Å². The Morgan fingerprint density at radius 3 is 2.32 bits per heavy atom. The molecule has 12 N–H and O–H groups in total. The summed E-state index contributed by atoms with van der Waals surface area (Å²) in [7, 11) is 0. The lowest BCUT2D eigenvalue weighted by Crippen LogP contribution is -2.55. The van der Waals surface area contributed by atoms with Crippen molar-refractivity contribution in [3.05, 3.63) is 0 Å². The summed E-state index contributed by atoms with van der Waals surface area (Å²) in [6.45, 7) is 3.32. The van der Waals surface area contributed by atoms with Gasteiger partial charge >= 0.3 is 5.97 Å². The van der Waals surface area contributed by atoms with Gasteiger partial charge in [0, 0.05) is 19.5 Å². The first-order chi connectivity index (χ1) is 16.0. The van der Waals surface area contributed by atoms with Gasteiger partial charge in [0.25, 0.3) is 0 Å². The summed E-state index contributed by atoms with van der Waals surface area (Å²) in [6.07, 6.45) is 5.25. The van der Waals surface area contributed by atoms with Crippen molar-refractivity contribution in [2.24, 2.45) is 33.7 Å². The highest BCUT2D eigenvalue weighted by atomic mass is 16.4. The van der Waals surface area contributed by atoms with Crippen molar-refractivity contribution in [1.82, 2.24) is 10.2 Å². The summed E-state index contributed by atoms with van der Waals surface area (Å²) < 4.78 is 0. The Balaban J connectivity index is 0.000000833. The van der Waals surface area contributed by atoms with E-state index >= 15 is 0 Å². The van der Waals surface area contributed by atoms with Gasteiger partial charge in [-0.2, -0.15) is 0 Å². The maximum Gasteiger partial charge on any atom is 0.303 e. The zero-order valence-corrected chi connectivity index (χ0v) is 20.1. The van der Waals surface area contributed by atoms with Gasteiger partial charge in [0.2, 0.25) is 17.7 Å². The molecule has 1 saturated heterocycles. The summed E-state index contributed by atoms with van der Waals surface area (Å²) in [5.41, 5.74) is 26.7. The van der Waals surface area contributed by atoms with E-state index in [9.17, 15) is 19.2 Å². The molecule has 0 aromatic heterocycles. The summed E-state index contributed by atoms with van der Waals surface area (Å²) >= 11 is 0. The van der Waals surface area contributed by atoms with Gasteiger partial charge in [-0.15, -0.1) is 0 Å². The first-order valence-corrected chi connectivity index (χ1v) is 11.7. The predicted molar refractivity (Wildman–Crippen MR) is 129 cm³/mol. The molecule has 1 aliphatic heterocycles. The Labute approximate surface area is 200 Å². The fourth-order valence-corrected chi connectivity index (χ4v) is 3.34. The van der Waals surface area contributed by atoms with Gasteiger partial charge in [0.1, 0.15) is 12.1 Å². The van der Waals surface area contributed by atoms with Crippen LogP contribution in [-0.4, -0.2) is 77.4 Å². The number of hydrogen-bond donors (Lipinski definition) is 7. The van der Waals surface area contributed by atoms with E-state index in [0.717, 1.165) is 12.8 Å². The molecule has 13 nitrogen and oxygen atoms in total. The van der Waals surface area contributed by atoms with Crippen LogP contribution in [0.1, 0.15) is 64.7 Å². The van der Waals surface area contributed by atoms with Crippen LogP contribution in [0.5, 0.6) is 0 Å². The maximum absolute atomic E-state index is 12.7. The van der Waals surface area contributed by atoms with Crippen LogP contribution < -0.4 is 34.0 Å². The first kappa shape index (κ1) is 31.1. The third-order valence-corrected chi connectivity index (χ3v) is 5.30. The lowest BCUT2D eigenvalue weighted by Gasteiger charge is -2.28. The highest BCUT2D eigenvalue weighted by Crippen LogP contribution is 2.19. The van der Waals surface area contributed by atoms with Crippen LogP contribution in [0.15, 0.2) is 4.99 Å². The van der Waals surface area contributed by atoms with E-state index in [1.54, 1.807) is 6.92 Å². The maximum atomic E-state index is 12.7. The number of primary amides is 1. The fraction of sp³-hybridized carbons (Fsp3) is 0.762. The topological polar surface area (TPSA) is 246 Å². The van der Waals surface area contributed by atoms with E-state index in [1.807, 2.05) is 0 Å². The molecule has 0 aromatic rings. The van der Waals surface area contributed by atoms with Crippen LogP contribution in [0.25, 0.3) is 0 Å². The SMILES string of the molecule is CCC(N)C(=O)NC(CCCCN)C(=O)N1CCCC1C(N)=O.NC(N)=NCCCCC(=O)O. The number of likely N-dealkylation sites (tertiary alicyclic amines) is 1. The van der Waals surface area contributed by atoms with Crippen LogP contribution in [-0.2, 0) is 19.2 Å². The predicted octanol–water partition coefficient (Wildman–Crippen LogP) is -1.67. The smallest absolute Gasteiger partial charge is 0.303 e. The number of unbranched alkanes of at least 4 members (excludes halogenated alkanes) is 2. The van der Waals surface area contributed by atoms with Crippen molar-refractivity contribution in [2.75, 3.05) is 19.6 Å². The molecule has 0 spiro atoms. The molecule has 1 heterocycles. The number of nitrogens with zero attached hydrogens (tertiary/aromatic N) is 2. The fourth-order valence-electron chi connectivity index (χ4n) is 3.34. The molecule has 0 aromatic carbocycles. The molecule has 0 saturated carbocycles. The molecule has 196 valence electrons. The van der Waals surface area contributed by atoms with Crippen molar-refractivity contribution in [3.8, 4) is 0 Å². The zero-order valence-electron chi connectivity index (χ0n) is 20.1. The average Bonchev–Trinajstić information content (AvgIpc) is 3.27. The van der Waals surface area contributed by atoms with Crippen molar-refractivity contribution in [3.63, 3.8) is 0 Å². The van der Waals surface area contributed by atoms with Crippen molar-refractivity contribution < 1.29 is 24.3 Å². The quantitative estimate of drug-likeness (QED) is 0.0840. The van der Waals surface area contributed by atoms with Crippen LogP contribution in [0.2, 0.25) is 0 Å². The van der Waals surface area contributed by atoms with E-state index in [1.165, 1.54) is 4.90 Å². The molecule has 0 aliphatic carbocycles. The second-order valence-electron chi connectivity index (χ2n) is 8.11. The molecule has 3 amide bonds. The average molecular weight is 487 g/mol. The van der Waals surface area contributed by atoms with Gasteiger partial charge in [0.05, 0.1) is 6.04 Å². The highest BCUT2D eigenvalue weighted by Gasteiger charge is 2.36. The summed E-state index contributed by atoms with van der Waals surface area (Å²) in [4.78, 5) is 51.4. The minimum atomic E-state index is -0.783. The van der Waals surface area contributed by atoms with Gasteiger partial charge in [-0.1, -0.05) is 6.92 Å². The Hall–Kier alpha value is -2.93. The van der Waals surface area contributed by atoms with Crippen LogP contribution in [0.4, 0.5) is 0 Å². The van der Waals surface area contributed by atoms with Gasteiger partial charge < -0.3 is 44.0 Å². The molecule has 3 unspecified atom stereocenters. The normalized spacial score (nSPS) is 16.6. The molecule has 0 radical (unpaired) electrons. The largest absolute Gasteiger partial charge is 0.481 e. The van der Waals surface area contributed by atoms with Crippen LogP contribution in [0.3, 0.4) is 0 Å². The number of nitrogens with two attached hydrogens (primary N) is 5. The Morgan fingerprint density at radius 1 is 1.12 bits per heavy atom. The number of nitrogens with one attached hydrogen (secondary N) is 1. The van der Waals surface area contributed by atoms with E-state index < -0.39 is 30.0 Å². The second-order valence-corrected chi connectivity index (χ2v) is 8.11. The number of carbonyl (C=O) groups excluding carboxylic acids is 3. The standard InChI is InChI=1S/C15H29N5O3.C6H13N3O2/c1-2-10(17)14(22)19-11(6-3-4-8-16)15(23)20-9-5-7-12(20)13(18)21;7-6(8)9-4-2-1-3-5(10)11/h10-12H,2-9,16-17H2,1H3,(H2,18,21)(H,19,22);1-4H2,(H,10,11)(H4,7,8,9). The number of carbonyl (C=O) groups is 4. The van der Waals surface area contributed by atoms with Gasteiger partial charge in [-0.05, 0) is 57.9 Å². The second kappa shape index (κ2) is 17.5. The van der Waals surface area contributed by atoms with Crippen LogP contribution >= 0.6 is 0 Å². The molecule has 0 bridgehead atoms.